The number of rotatable bonds is 6. The average molecular weight is 499 g/mol. The van der Waals surface area contributed by atoms with Gasteiger partial charge in [0.15, 0.2) is 5.96 Å². The van der Waals surface area contributed by atoms with E-state index in [9.17, 15) is 0 Å². The fraction of sp³-hybridized carbons (Fsp3) is 0.682. The minimum Gasteiger partial charge on any atom is -0.370 e. The van der Waals surface area contributed by atoms with Gasteiger partial charge in [0.25, 0.3) is 0 Å². The Kier molecular flexibility index (Phi) is 9.85. The van der Waals surface area contributed by atoms with Crippen LogP contribution in [0, 0.1) is 12.8 Å². The number of likely N-dealkylation sites (tertiary alicyclic amines) is 1. The van der Waals surface area contributed by atoms with Crippen molar-refractivity contribution in [3.05, 3.63) is 29.8 Å². The minimum absolute atomic E-state index is 0. The molecule has 0 spiro atoms. The molecule has 0 bridgehead atoms. The molecule has 2 aliphatic heterocycles. The van der Waals surface area contributed by atoms with Gasteiger partial charge in [-0.2, -0.15) is 0 Å². The minimum atomic E-state index is 0. The summed E-state index contributed by atoms with van der Waals surface area (Å²) in [6.45, 7) is 13.2. The molecule has 0 amide bonds. The summed E-state index contributed by atoms with van der Waals surface area (Å²) in [6.07, 6.45) is 4.90. The lowest BCUT2D eigenvalue weighted by Gasteiger charge is -2.36. The first-order valence-electron chi connectivity index (χ1n) is 10.7. The number of piperazine rings is 1. The number of aliphatic imine (C=N–C) groups is 1. The molecule has 1 unspecified atom stereocenters. The van der Waals surface area contributed by atoms with E-state index in [0.29, 0.717) is 0 Å². The zero-order valence-electron chi connectivity index (χ0n) is 17.6. The van der Waals surface area contributed by atoms with Gasteiger partial charge >= 0.3 is 0 Å². The number of nitrogens with two attached hydrogens (primary N) is 1. The van der Waals surface area contributed by atoms with Crippen LogP contribution in [0.15, 0.2) is 29.3 Å². The monoisotopic (exact) mass is 499 g/mol. The van der Waals surface area contributed by atoms with Gasteiger partial charge in [-0.1, -0.05) is 19.1 Å². The zero-order chi connectivity index (χ0) is 19.1. The highest BCUT2D eigenvalue weighted by Crippen LogP contribution is 2.18. The molecule has 2 heterocycles. The number of unbranched alkanes of at least 4 members (excludes halogenated alkanes) is 1. The van der Waals surface area contributed by atoms with Crippen molar-refractivity contribution in [1.82, 2.24) is 9.80 Å². The van der Waals surface area contributed by atoms with Crippen molar-refractivity contribution < 1.29 is 0 Å². The second-order valence-electron chi connectivity index (χ2n) is 8.31. The van der Waals surface area contributed by atoms with E-state index >= 15 is 0 Å². The molecule has 158 valence electrons. The van der Waals surface area contributed by atoms with E-state index in [1.165, 1.54) is 37.1 Å². The van der Waals surface area contributed by atoms with Crippen molar-refractivity contribution in [3.8, 4) is 0 Å². The number of hydrogen-bond donors (Lipinski definition) is 1. The maximum Gasteiger partial charge on any atom is 0.191 e. The summed E-state index contributed by atoms with van der Waals surface area (Å²) in [4.78, 5) is 12.0. The first-order chi connectivity index (χ1) is 13.1. The summed E-state index contributed by atoms with van der Waals surface area (Å²) in [5.41, 5.74) is 8.89. The first kappa shape index (κ1) is 23.3. The van der Waals surface area contributed by atoms with Gasteiger partial charge in [0.2, 0.25) is 0 Å². The third kappa shape index (κ3) is 7.10. The van der Waals surface area contributed by atoms with Crippen LogP contribution in [-0.2, 0) is 0 Å². The number of hydrogen-bond acceptors (Lipinski definition) is 3. The number of guanidine groups is 1. The van der Waals surface area contributed by atoms with Crippen molar-refractivity contribution in [2.75, 3.05) is 57.3 Å². The number of anilines is 1. The van der Waals surface area contributed by atoms with Crippen LogP contribution in [0.25, 0.3) is 0 Å². The summed E-state index contributed by atoms with van der Waals surface area (Å²) < 4.78 is 0. The summed E-state index contributed by atoms with van der Waals surface area (Å²) >= 11 is 0. The van der Waals surface area contributed by atoms with Gasteiger partial charge < -0.3 is 15.5 Å². The highest BCUT2D eigenvalue weighted by atomic mass is 127. The van der Waals surface area contributed by atoms with Crippen molar-refractivity contribution >= 4 is 35.6 Å². The molecule has 0 aliphatic carbocycles. The standard InChI is InChI=1S/C22H37N5.HI/c1-19-7-5-9-21(17-19)26-15-13-25(14-16-26)11-4-3-10-24-22(23)27-12-6-8-20(2)18-27;/h5,7,9,17,20H,3-4,6,8,10-16,18H2,1-2H3,(H2,23,24);1H. The Bertz CT molecular complexity index is 613. The van der Waals surface area contributed by atoms with Gasteiger partial charge in [-0.05, 0) is 62.8 Å². The molecular formula is C22H38IN5. The third-order valence-corrected chi connectivity index (χ3v) is 5.88. The maximum atomic E-state index is 6.18. The van der Waals surface area contributed by atoms with Crippen LogP contribution in [0.2, 0.25) is 0 Å². The lowest BCUT2D eigenvalue weighted by molar-refractivity contribution is 0.253. The van der Waals surface area contributed by atoms with Gasteiger partial charge in [0.1, 0.15) is 0 Å². The molecule has 0 saturated carbocycles. The van der Waals surface area contributed by atoms with Crippen LogP contribution in [0.5, 0.6) is 0 Å². The lowest BCUT2D eigenvalue weighted by atomic mass is 10.0. The van der Waals surface area contributed by atoms with Crippen molar-refractivity contribution in [2.45, 2.75) is 39.5 Å². The summed E-state index contributed by atoms with van der Waals surface area (Å²) in [6, 6.07) is 8.85. The molecule has 28 heavy (non-hydrogen) atoms. The SMILES string of the molecule is Cc1cccc(N2CCN(CCCCN=C(N)N3CCCC(C)C3)CC2)c1.I. The van der Waals surface area contributed by atoms with Gasteiger partial charge in [-0.3, -0.25) is 9.89 Å². The Labute approximate surface area is 188 Å². The average Bonchev–Trinajstić information content (AvgIpc) is 2.68. The quantitative estimate of drug-likeness (QED) is 0.282. The molecule has 2 fully saturated rings. The van der Waals surface area contributed by atoms with Crippen LogP contribution in [0.4, 0.5) is 5.69 Å². The predicted molar refractivity (Wildman–Crippen MR) is 131 cm³/mol. The molecule has 6 heteroatoms. The Morgan fingerprint density at radius 1 is 1.14 bits per heavy atom. The van der Waals surface area contributed by atoms with Gasteiger partial charge in [0.05, 0.1) is 0 Å². The first-order valence-corrected chi connectivity index (χ1v) is 10.7. The maximum absolute atomic E-state index is 6.18. The van der Waals surface area contributed by atoms with E-state index in [-0.39, 0.29) is 24.0 Å². The highest BCUT2D eigenvalue weighted by Gasteiger charge is 2.18. The van der Waals surface area contributed by atoms with Crippen molar-refractivity contribution in [1.29, 1.82) is 0 Å². The Balaban J connectivity index is 0.00000280. The van der Waals surface area contributed by atoms with Crippen LogP contribution < -0.4 is 10.6 Å². The van der Waals surface area contributed by atoms with Crippen molar-refractivity contribution in [3.63, 3.8) is 0 Å². The highest BCUT2D eigenvalue weighted by molar-refractivity contribution is 14.0. The number of nitrogens with zero attached hydrogens (tertiary/aromatic N) is 4. The van der Waals surface area contributed by atoms with Crippen LogP contribution >= 0.6 is 24.0 Å². The Morgan fingerprint density at radius 3 is 2.64 bits per heavy atom. The van der Waals surface area contributed by atoms with E-state index in [1.807, 2.05) is 0 Å². The largest absolute Gasteiger partial charge is 0.370 e. The van der Waals surface area contributed by atoms with Crippen LogP contribution in [0.3, 0.4) is 0 Å². The van der Waals surface area contributed by atoms with E-state index < -0.39 is 0 Å². The molecule has 2 saturated heterocycles. The number of benzene rings is 1. The molecule has 3 rings (SSSR count). The van der Waals surface area contributed by atoms with Crippen LogP contribution in [0.1, 0.15) is 38.2 Å². The number of aryl methyl sites for hydroxylation is 1. The lowest BCUT2D eigenvalue weighted by Crippen LogP contribution is -2.46. The molecule has 1 aromatic rings. The predicted octanol–water partition coefficient (Wildman–Crippen LogP) is 3.56. The van der Waals surface area contributed by atoms with Crippen molar-refractivity contribution in [2.24, 2.45) is 16.6 Å². The van der Waals surface area contributed by atoms with E-state index in [2.05, 4.69) is 57.8 Å². The van der Waals surface area contributed by atoms with Gasteiger partial charge in [-0.25, -0.2) is 0 Å². The van der Waals surface area contributed by atoms with E-state index in [4.69, 9.17) is 5.73 Å². The van der Waals surface area contributed by atoms with Gasteiger partial charge in [-0.15, -0.1) is 24.0 Å². The van der Waals surface area contributed by atoms with Crippen LogP contribution in [-0.4, -0.2) is 68.1 Å². The Hall–Kier alpha value is -1.02. The fourth-order valence-corrected chi connectivity index (χ4v) is 4.19. The number of halogens is 1. The topological polar surface area (TPSA) is 48.1 Å². The second-order valence-corrected chi connectivity index (χ2v) is 8.31. The van der Waals surface area contributed by atoms with E-state index in [1.54, 1.807) is 0 Å². The molecule has 5 nitrogen and oxygen atoms in total. The second kappa shape index (κ2) is 11.9. The summed E-state index contributed by atoms with van der Waals surface area (Å²) in [5.74, 6) is 1.50. The summed E-state index contributed by atoms with van der Waals surface area (Å²) in [7, 11) is 0. The molecule has 2 N–H and O–H groups in total. The summed E-state index contributed by atoms with van der Waals surface area (Å²) in [5, 5.41) is 0. The third-order valence-electron chi connectivity index (χ3n) is 5.88. The smallest absolute Gasteiger partial charge is 0.191 e. The number of piperidine rings is 1. The van der Waals surface area contributed by atoms with E-state index in [0.717, 1.165) is 64.1 Å². The fourth-order valence-electron chi connectivity index (χ4n) is 4.19. The van der Waals surface area contributed by atoms with Gasteiger partial charge in [0, 0.05) is 51.5 Å². The molecule has 0 radical (unpaired) electrons. The molecule has 1 aromatic carbocycles. The molecule has 1 atom stereocenters. The normalized spacial score (nSPS) is 21.5. The zero-order valence-corrected chi connectivity index (χ0v) is 20.0. The molecule has 2 aliphatic rings. The molecule has 0 aromatic heterocycles. The molecular weight excluding hydrogens is 461 g/mol. The Morgan fingerprint density at radius 2 is 1.93 bits per heavy atom.